The molecule has 0 heterocycles. The molecule has 0 bridgehead atoms. The second-order valence-electron chi connectivity index (χ2n) is 4.69. The Morgan fingerprint density at radius 3 is 1.32 bits per heavy atom. The largest absolute Gasteiger partial charge is 0.481 e. The van der Waals surface area contributed by atoms with Gasteiger partial charge in [-0.25, -0.2) is 9.59 Å². The van der Waals surface area contributed by atoms with Crippen molar-refractivity contribution in [2.75, 3.05) is 0 Å². The van der Waals surface area contributed by atoms with Gasteiger partial charge in [0, 0.05) is 0 Å². The first-order chi connectivity index (χ1) is 11.5. The van der Waals surface area contributed by atoms with Crippen molar-refractivity contribution in [1.29, 1.82) is 0 Å². The fraction of sp³-hybridized carbons (Fsp3) is 0.125. The van der Waals surface area contributed by atoms with Crippen LogP contribution in [0.25, 0.3) is 11.1 Å². The molecular weight excluding hydrogens is 334 g/mol. The van der Waals surface area contributed by atoms with Gasteiger partial charge in [-0.05, 0) is 11.1 Å². The first kappa shape index (κ1) is 21.5. The summed E-state index contributed by atoms with van der Waals surface area (Å²) in [6, 6.07) is 4.71. The summed E-state index contributed by atoms with van der Waals surface area (Å²) in [5.74, 6) is -4.71. The van der Waals surface area contributed by atoms with Crippen molar-refractivity contribution >= 4 is 35.0 Å². The highest BCUT2D eigenvalue weighted by Crippen LogP contribution is 2.17. The second-order valence-corrected chi connectivity index (χ2v) is 4.69. The number of carboxylic acids is 4. The first-order valence-electron chi connectivity index (χ1n) is 6.62. The van der Waals surface area contributed by atoms with E-state index in [0.29, 0.717) is 11.1 Å². The molecule has 0 spiro atoms. The molecule has 0 fully saturated rings. The SMILES string of the molecule is C=C(C(=O)O)c1ccc(C(=C)C(=O)O)cc1.NC(CC(=O)O)C(=O)O. The Hall–Kier alpha value is -3.46. The minimum atomic E-state index is -1.29. The smallest absolute Gasteiger partial charge is 0.335 e. The van der Waals surface area contributed by atoms with Crippen molar-refractivity contribution in [2.45, 2.75) is 12.5 Å². The first-order valence-corrected chi connectivity index (χ1v) is 6.62. The number of nitrogens with two attached hydrogens (primary N) is 1. The summed E-state index contributed by atoms with van der Waals surface area (Å²) in [6.45, 7) is 6.79. The molecule has 0 aromatic heterocycles. The van der Waals surface area contributed by atoms with Gasteiger partial charge in [-0.2, -0.15) is 0 Å². The third-order valence-electron chi connectivity index (χ3n) is 2.81. The highest BCUT2D eigenvalue weighted by Gasteiger charge is 2.14. The molecular formula is C16H17NO8. The number of rotatable bonds is 7. The number of carbonyl (C=O) groups is 4. The van der Waals surface area contributed by atoms with Crippen LogP contribution in [0.1, 0.15) is 17.5 Å². The summed E-state index contributed by atoms with van der Waals surface area (Å²) in [5.41, 5.74) is 5.65. The van der Waals surface area contributed by atoms with Crippen molar-refractivity contribution in [3.05, 3.63) is 48.6 Å². The van der Waals surface area contributed by atoms with Crippen LogP contribution in [0.15, 0.2) is 37.4 Å². The van der Waals surface area contributed by atoms with E-state index in [-0.39, 0.29) is 11.1 Å². The summed E-state index contributed by atoms with van der Waals surface area (Å²) in [4.78, 5) is 40.8. The molecule has 9 heteroatoms. The van der Waals surface area contributed by atoms with Crippen molar-refractivity contribution < 1.29 is 39.6 Å². The van der Waals surface area contributed by atoms with Crippen LogP contribution >= 0.6 is 0 Å². The quantitative estimate of drug-likeness (QED) is 0.444. The number of carboxylic acid groups (broad SMARTS) is 4. The molecule has 0 aliphatic rings. The Bertz CT molecular complexity index is 660. The maximum Gasteiger partial charge on any atom is 0.335 e. The van der Waals surface area contributed by atoms with E-state index >= 15 is 0 Å². The Kier molecular flexibility index (Phi) is 8.30. The molecule has 6 N–H and O–H groups in total. The van der Waals surface area contributed by atoms with E-state index in [4.69, 9.17) is 26.2 Å². The van der Waals surface area contributed by atoms with E-state index in [1.165, 1.54) is 24.3 Å². The topological polar surface area (TPSA) is 175 Å². The lowest BCUT2D eigenvalue weighted by Crippen LogP contribution is -2.32. The molecule has 1 aromatic carbocycles. The number of hydrogen-bond donors (Lipinski definition) is 5. The minimum absolute atomic E-state index is 0.0347. The predicted molar refractivity (Wildman–Crippen MR) is 87.6 cm³/mol. The van der Waals surface area contributed by atoms with Gasteiger partial charge in [0.25, 0.3) is 0 Å². The third kappa shape index (κ3) is 7.57. The number of aliphatic carboxylic acids is 4. The van der Waals surface area contributed by atoms with E-state index < -0.39 is 36.3 Å². The van der Waals surface area contributed by atoms with Gasteiger partial charge in [-0.3, -0.25) is 9.59 Å². The maximum atomic E-state index is 10.6. The predicted octanol–water partition coefficient (Wildman–Crippen LogP) is 0.755. The van der Waals surface area contributed by atoms with E-state index in [1.807, 2.05) is 0 Å². The number of hydrogen-bond acceptors (Lipinski definition) is 5. The van der Waals surface area contributed by atoms with Crippen LogP contribution in [0.3, 0.4) is 0 Å². The summed E-state index contributed by atoms with van der Waals surface area (Å²) >= 11 is 0. The van der Waals surface area contributed by atoms with Crippen molar-refractivity contribution in [1.82, 2.24) is 0 Å². The van der Waals surface area contributed by atoms with Crippen LogP contribution in [0.2, 0.25) is 0 Å². The van der Waals surface area contributed by atoms with E-state index in [0.717, 1.165) is 0 Å². The summed E-state index contributed by atoms with van der Waals surface area (Å²) in [7, 11) is 0. The minimum Gasteiger partial charge on any atom is -0.481 e. The number of benzene rings is 1. The Balaban J connectivity index is 0.000000547. The van der Waals surface area contributed by atoms with Gasteiger partial charge >= 0.3 is 23.9 Å². The van der Waals surface area contributed by atoms with Gasteiger partial charge in [0.1, 0.15) is 6.04 Å². The Morgan fingerprint density at radius 1 is 0.840 bits per heavy atom. The molecule has 0 amide bonds. The van der Waals surface area contributed by atoms with Crippen molar-refractivity contribution in [2.24, 2.45) is 5.73 Å². The molecule has 25 heavy (non-hydrogen) atoms. The van der Waals surface area contributed by atoms with Crippen LogP contribution < -0.4 is 5.73 Å². The second kappa shape index (κ2) is 9.63. The monoisotopic (exact) mass is 351 g/mol. The molecule has 0 saturated carbocycles. The zero-order valence-electron chi connectivity index (χ0n) is 13.0. The molecule has 0 saturated heterocycles. The fourth-order valence-electron chi connectivity index (χ4n) is 1.39. The Labute approximate surface area is 142 Å². The normalized spacial score (nSPS) is 10.6. The maximum absolute atomic E-state index is 10.6. The van der Waals surface area contributed by atoms with Gasteiger partial charge in [-0.1, -0.05) is 37.4 Å². The lowest BCUT2D eigenvalue weighted by Gasteiger charge is -2.03. The fourth-order valence-corrected chi connectivity index (χ4v) is 1.39. The van der Waals surface area contributed by atoms with Crippen LogP contribution in [0.4, 0.5) is 0 Å². The third-order valence-corrected chi connectivity index (χ3v) is 2.81. The molecule has 1 atom stereocenters. The van der Waals surface area contributed by atoms with Crippen molar-refractivity contribution in [3.8, 4) is 0 Å². The molecule has 134 valence electrons. The van der Waals surface area contributed by atoms with Gasteiger partial charge < -0.3 is 26.2 Å². The molecule has 9 nitrogen and oxygen atoms in total. The average molecular weight is 351 g/mol. The van der Waals surface area contributed by atoms with Gasteiger partial charge in [0.05, 0.1) is 17.6 Å². The van der Waals surface area contributed by atoms with Gasteiger partial charge in [0.15, 0.2) is 0 Å². The standard InChI is InChI=1S/C12H10O4.C4H7NO4/c1-7(11(13)14)9-3-5-10(6-4-9)8(2)12(15)16;5-2(4(8)9)1-3(6)7/h3-6H,1-2H2,(H,13,14)(H,15,16);2H,1,5H2,(H,6,7)(H,8,9). The zero-order valence-corrected chi connectivity index (χ0v) is 13.0. The highest BCUT2D eigenvalue weighted by molar-refractivity contribution is 6.16. The van der Waals surface area contributed by atoms with Crippen LogP contribution in [0.5, 0.6) is 0 Å². The Morgan fingerprint density at radius 2 is 1.16 bits per heavy atom. The van der Waals surface area contributed by atoms with Crippen LogP contribution in [0, 0.1) is 0 Å². The highest BCUT2D eigenvalue weighted by atomic mass is 16.4. The lowest BCUT2D eigenvalue weighted by molar-refractivity contribution is -0.144. The van der Waals surface area contributed by atoms with Crippen LogP contribution in [-0.2, 0) is 19.2 Å². The summed E-state index contributed by atoms with van der Waals surface area (Å²) in [5, 5.41) is 33.4. The molecule has 0 radical (unpaired) electrons. The average Bonchev–Trinajstić information content (AvgIpc) is 2.53. The lowest BCUT2D eigenvalue weighted by atomic mass is 10.0. The molecule has 0 aliphatic heterocycles. The molecule has 0 aliphatic carbocycles. The molecule has 1 aromatic rings. The van der Waals surface area contributed by atoms with E-state index in [1.54, 1.807) is 0 Å². The van der Waals surface area contributed by atoms with Gasteiger partial charge in [-0.15, -0.1) is 0 Å². The molecule has 1 rings (SSSR count). The van der Waals surface area contributed by atoms with Gasteiger partial charge in [0.2, 0.25) is 0 Å². The molecule has 1 unspecified atom stereocenters. The van der Waals surface area contributed by atoms with Crippen molar-refractivity contribution in [3.63, 3.8) is 0 Å². The summed E-state index contributed by atoms with van der Waals surface area (Å²) in [6.07, 6.45) is -0.532. The van der Waals surface area contributed by atoms with Crippen LogP contribution in [-0.4, -0.2) is 50.3 Å². The van der Waals surface area contributed by atoms with E-state index in [9.17, 15) is 19.2 Å². The van der Waals surface area contributed by atoms with E-state index in [2.05, 4.69) is 13.2 Å². The zero-order chi connectivity index (χ0) is 19.7. The summed E-state index contributed by atoms with van der Waals surface area (Å²) < 4.78 is 0.